The number of aromatic nitrogens is 2. The maximum atomic E-state index is 11.9. The summed E-state index contributed by atoms with van der Waals surface area (Å²) in [5.74, 6) is 0.619. The van der Waals surface area contributed by atoms with E-state index >= 15 is 0 Å². The van der Waals surface area contributed by atoms with Gasteiger partial charge in [0.15, 0.2) is 0 Å². The number of carbonyl (C=O) groups excluding carboxylic acids is 1. The number of nitrogens with zero attached hydrogens (tertiary/aromatic N) is 3. The molecule has 7 heteroatoms. The molecular weight excluding hydrogens is 368 g/mol. The monoisotopic (exact) mass is 396 g/mol. The van der Waals surface area contributed by atoms with Crippen molar-refractivity contribution in [1.29, 1.82) is 0 Å². The normalized spacial score (nSPS) is 23.5. The summed E-state index contributed by atoms with van der Waals surface area (Å²) in [4.78, 5) is 23.1. The van der Waals surface area contributed by atoms with Gasteiger partial charge in [0, 0.05) is 30.2 Å². The second-order valence-corrected chi connectivity index (χ2v) is 8.75. The van der Waals surface area contributed by atoms with E-state index < -0.39 is 11.7 Å². The fourth-order valence-corrected chi connectivity index (χ4v) is 3.87. The summed E-state index contributed by atoms with van der Waals surface area (Å²) in [7, 11) is 0. The lowest BCUT2D eigenvalue weighted by atomic mass is 9.86. The molecule has 3 fully saturated rings. The van der Waals surface area contributed by atoms with Crippen LogP contribution in [-0.4, -0.2) is 52.3 Å². The Morgan fingerprint density at radius 2 is 1.72 bits per heavy atom. The van der Waals surface area contributed by atoms with Gasteiger partial charge in [-0.2, -0.15) is 0 Å². The number of benzene rings is 1. The van der Waals surface area contributed by atoms with Crippen LogP contribution in [0.5, 0.6) is 6.01 Å². The molecule has 29 heavy (non-hydrogen) atoms. The summed E-state index contributed by atoms with van der Waals surface area (Å²) in [6.07, 6.45) is 5.68. The molecule has 0 radical (unpaired) electrons. The average Bonchev–Trinajstić information content (AvgIpc) is 2.69. The molecule has 0 spiro atoms. The molecule has 2 bridgehead atoms. The Bertz CT molecular complexity index is 838. The molecule has 0 unspecified atom stereocenters. The predicted octanol–water partition coefficient (Wildman–Crippen LogP) is 3.96. The summed E-state index contributed by atoms with van der Waals surface area (Å²) < 4.78 is 11.3. The number of carbonyl (C=O) groups is 1. The third-order valence-corrected chi connectivity index (χ3v) is 5.34. The first-order valence-corrected chi connectivity index (χ1v) is 10.2. The molecule has 1 aromatic carbocycles. The van der Waals surface area contributed by atoms with Gasteiger partial charge in [0.05, 0.1) is 0 Å². The van der Waals surface area contributed by atoms with Crippen LogP contribution in [0.4, 0.5) is 10.5 Å². The van der Waals surface area contributed by atoms with Gasteiger partial charge in [0.25, 0.3) is 0 Å². The third-order valence-electron chi connectivity index (χ3n) is 5.34. The molecule has 4 heterocycles. The second kappa shape index (κ2) is 7.99. The summed E-state index contributed by atoms with van der Waals surface area (Å²) in [6, 6.07) is 7.93. The van der Waals surface area contributed by atoms with Crippen molar-refractivity contribution in [2.45, 2.75) is 45.3 Å². The number of piperidine rings is 3. The van der Waals surface area contributed by atoms with Gasteiger partial charge in [-0.15, -0.1) is 0 Å². The second-order valence-electron chi connectivity index (χ2n) is 8.75. The number of rotatable bonds is 4. The van der Waals surface area contributed by atoms with Gasteiger partial charge < -0.3 is 9.47 Å². The molecule has 2 aromatic rings. The van der Waals surface area contributed by atoms with Gasteiger partial charge in [-0.3, -0.25) is 10.2 Å². The van der Waals surface area contributed by atoms with E-state index in [0.29, 0.717) is 17.6 Å². The smallest absolute Gasteiger partial charge is 0.412 e. The number of nitrogens with one attached hydrogen (secondary N) is 1. The third kappa shape index (κ3) is 5.03. The van der Waals surface area contributed by atoms with Crippen molar-refractivity contribution in [3.8, 4) is 17.1 Å². The highest BCUT2D eigenvalue weighted by atomic mass is 16.6. The Balaban J connectivity index is 1.36. The van der Waals surface area contributed by atoms with E-state index in [2.05, 4.69) is 20.2 Å². The number of hydrogen-bond acceptors (Lipinski definition) is 6. The van der Waals surface area contributed by atoms with Crippen molar-refractivity contribution >= 4 is 11.8 Å². The Morgan fingerprint density at radius 1 is 1.07 bits per heavy atom. The van der Waals surface area contributed by atoms with Crippen molar-refractivity contribution in [1.82, 2.24) is 14.9 Å². The maximum Gasteiger partial charge on any atom is 0.412 e. The lowest BCUT2D eigenvalue weighted by Gasteiger charge is -2.43. The fourth-order valence-electron chi connectivity index (χ4n) is 3.87. The lowest BCUT2D eigenvalue weighted by Crippen LogP contribution is -2.52. The molecule has 0 saturated carbocycles. The van der Waals surface area contributed by atoms with Gasteiger partial charge in [0.2, 0.25) is 0 Å². The summed E-state index contributed by atoms with van der Waals surface area (Å²) in [5.41, 5.74) is 2.01. The van der Waals surface area contributed by atoms with Crippen LogP contribution in [0.1, 0.15) is 33.6 Å². The number of ether oxygens (including phenoxy) is 2. The van der Waals surface area contributed by atoms with Gasteiger partial charge in [-0.05, 0) is 70.3 Å². The van der Waals surface area contributed by atoms with E-state index in [1.54, 1.807) is 12.4 Å². The molecule has 1 aromatic heterocycles. The van der Waals surface area contributed by atoms with Crippen LogP contribution >= 0.6 is 0 Å². The van der Waals surface area contributed by atoms with Crippen LogP contribution in [0, 0.1) is 5.92 Å². The van der Waals surface area contributed by atoms with Gasteiger partial charge >= 0.3 is 12.1 Å². The van der Waals surface area contributed by atoms with Crippen molar-refractivity contribution in [3.63, 3.8) is 0 Å². The molecule has 3 saturated heterocycles. The summed E-state index contributed by atoms with van der Waals surface area (Å²) in [5, 5.41) is 2.73. The van der Waals surface area contributed by atoms with E-state index in [-0.39, 0.29) is 6.10 Å². The van der Waals surface area contributed by atoms with Gasteiger partial charge in [0.1, 0.15) is 11.7 Å². The number of amides is 1. The standard InChI is InChI=1S/C22H28N4O3/c1-22(2,3)29-21(27)25-18-6-4-15(5-7-18)17-12-23-20(24-13-17)28-19-14-26-10-8-16(19)9-11-26/h4-7,12-13,16,19H,8-11,14H2,1-3H3,(H,25,27)/t19-/m0/s1. The van der Waals surface area contributed by atoms with Crippen molar-refractivity contribution in [2.24, 2.45) is 5.92 Å². The first kappa shape index (κ1) is 19.6. The van der Waals surface area contributed by atoms with Crippen LogP contribution in [0.25, 0.3) is 11.1 Å². The van der Waals surface area contributed by atoms with Crippen LogP contribution < -0.4 is 10.1 Å². The molecule has 1 atom stereocenters. The molecule has 1 N–H and O–H groups in total. The van der Waals surface area contributed by atoms with Gasteiger partial charge in [-0.1, -0.05) is 12.1 Å². The Labute approximate surface area is 171 Å². The largest absolute Gasteiger partial charge is 0.458 e. The Kier molecular flexibility index (Phi) is 5.41. The van der Waals surface area contributed by atoms with Crippen LogP contribution in [0.3, 0.4) is 0 Å². The van der Waals surface area contributed by atoms with Crippen LogP contribution in [0.2, 0.25) is 0 Å². The molecule has 7 nitrogen and oxygen atoms in total. The molecule has 3 aliphatic rings. The number of anilines is 1. The van der Waals surface area contributed by atoms with E-state index in [4.69, 9.17) is 9.47 Å². The van der Waals surface area contributed by atoms with Gasteiger partial charge in [-0.25, -0.2) is 14.8 Å². The van der Waals surface area contributed by atoms with E-state index in [0.717, 1.165) is 17.7 Å². The molecule has 1 amide bonds. The maximum absolute atomic E-state index is 11.9. The highest BCUT2D eigenvalue weighted by molar-refractivity contribution is 5.85. The summed E-state index contributed by atoms with van der Waals surface area (Å²) in [6.45, 7) is 8.84. The number of hydrogen-bond donors (Lipinski definition) is 1. The highest BCUT2D eigenvalue weighted by Crippen LogP contribution is 2.30. The molecule has 0 aliphatic carbocycles. The molecule has 3 aliphatic heterocycles. The summed E-state index contributed by atoms with van der Waals surface area (Å²) >= 11 is 0. The lowest BCUT2D eigenvalue weighted by molar-refractivity contribution is -0.0123. The van der Waals surface area contributed by atoms with E-state index in [9.17, 15) is 4.79 Å². The minimum Gasteiger partial charge on any atom is -0.458 e. The Morgan fingerprint density at radius 3 is 2.28 bits per heavy atom. The zero-order valence-corrected chi connectivity index (χ0v) is 17.2. The van der Waals surface area contributed by atoms with Crippen molar-refractivity contribution < 1.29 is 14.3 Å². The highest BCUT2D eigenvalue weighted by Gasteiger charge is 2.35. The van der Waals surface area contributed by atoms with E-state index in [1.807, 2.05) is 45.0 Å². The first-order valence-electron chi connectivity index (χ1n) is 10.2. The predicted molar refractivity (Wildman–Crippen MR) is 111 cm³/mol. The Hall–Kier alpha value is -2.67. The quantitative estimate of drug-likeness (QED) is 0.843. The van der Waals surface area contributed by atoms with E-state index in [1.165, 1.54) is 25.9 Å². The SMILES string of the molecule is CC(C)(C)OC(=O)Nc1ccc(-c2cnc(O[C@H]3CN4CCC3CC4)nc2)cc1. The topological polar surface area (TPSA) is 76.6 Å². The van der Waals surface area contributed by atoms with Crippen molar-refractivity contribution in [2.75, 3.05) is 25.0 Å². The minimum absolute atomic E-state index is 0.196. The zero-order chi connectivity index (χ0) is 20.4. The number of fused-ring (bicyclic) bond motifs is 3. The zero-order valence-electron chi connectivity index (χ0n) is 17.2. The fraction of sp³-hybridized carbons (Fsp3) is 0.500. The molecular formula is C22H28N4O3. The van der Waals surface area contributed by atoms with Crippen molar-refractivity contribution in [3.05, 3.63) is 36.7 Å². The minimum atomic E-state index is -0.528. The molecule has 154 valence electrons. The van der Waals surface area contributed by atoms with Crippen LogP contribution in [-0.2, 0) is 4.74 Å². The average molecular weight is 396 g/mol. The molecule has 5 rings (SSSR count). The van der Waals surface area contributed by atoms with Crippen LogP contribution in [0.15, 0.2) is 36.7 Å². The first-order chi connectivity index (χ1) is 13.9.